The number of nitrogens with two attached hydrogens (primary N) is 1. The third-order valence-corrected chi connectivity index (χ3v) is 3.70. The molecule has 1 amide bonds. The van der Waals surface area contributed by atoms with Gasteiger partial charge in [0.1, 0.15) is 0 Å². The van der Waals surface area contributed by atoms with Crippen molar-refractivity contribution in [1.29, 1.82) is 0 Å². The minimum absolute atomic E-state index is 0.0646. The average molecular weight is 272 g/mol. The Labute approximate surface area is 115 Å². The van der Waals surface area contributed by atoms with Crippen LogP contribution in [0.2, 0.25) is 0 Å². The van der Waals surface area contributed by atoms with E-state index in [1.165, 1.54) is 0 Å². The molecule has 6 heteroatoms. The van der Waals surface area contributed by atoms with E-state index in [1.54, 1.807) is 6.92 Å². The summed E-state index contributed by atoms with van der Waals surface area (Å²) in [6.45, 7) is 7.31. The average Bonchev–Trinajstić information content (AvgIpc) is 2.35. The van der Waals surface area contributed by atoms with Gasteiger partial charge in [0.2, 0.25) is 5.91 Å². The van der Waals surface area contributed by atoms with Gasteiger partial charge in [-0.2, -0.15) is 0 Å². The zero-order valence-electron chi connectivity index (χ0n) is 11.6. The molecule has 0 aromatic carbocycles. The van der Waals surface area contributed by atoms with Crippen molar-refractivity contribution in [1.82, 2.24) is 14.7 Å². The molecule has 1 fully saturated rings. The van der Waals surface area contributed by atoms with Crippen molar-refractivity contribution >= 4 is 23.1 Å². The molecule has 2 N–H and O–H groups in total. The molecule has 0 aromatic rings. The van der Waals surface area contributed by atoms with Crippen LogP contribution in [-0.4, -0.2) is 79.0 Å². The first-order chi connectivity index (χ1) is 8.41. The minimum atomic E-state index is -0.340. The van der Waals surface area contributed by atoms with E-state index in [4.69, 9.17) is 18.0 Å². The second-order valence-corrected chi connectivity index (χ2v) is 5.57. The highest BCUT2D eigenvalue weighted by molar-refractivity contribution is 7.80. The summed E-state index contributed by atoms with van der Waals surface area (Å²) in [5.74, 6) is -0.275. The third-order valence-electron chi connectivity index (χ3n) is 3.34. The van der Waals surface area contributed by atoms with E-state index in [-0.39, 0.29) is 16.8 Å². The Morgan fingerprint density at radius 3 is 2.33 bits per heavy atom. The van der Waals surface area contributed by atoms with Gasteiger partial charge in [0.25, 0.3) is 0 Å². The summed E-state index contributed by atoms with van der Waals surface area (Å²) in [4.78, 5) is 18.8. The van der Waals surface area contributed by atoms with Crippen molar-refractivity contribution in [3.63, 3.8) is 0 Å². The first-order valence-corrected chi connectivity index (χ1v) is 6.78. The molecule has 0 spiro atoms. The largest absolute Gasteiger partial charge is 0.393 e. The van der Waals surface area contributed by atoms with Gasteiger partial charge in [0, 0.05) is 39.3 Å². The Morgan fingerprint density at radius 1 is 1.33 bits per heavy atom. The summed E-state index contributed by atoms with van der Waals surface area (Å²) in [7, 11) is 4.15. The number of hydrogen-bond acceptors (Lipinski definition) is 4. The standard InChI is InChI=1S/C12H24N4OS/c1-10(11(13)18)12(17)16-8-6-15(7-9-16)5-4-14(2)3/h10H,4-9H2,1-3H3,(H2,13,18). The lowest BCUT2D eigenvalue weighted by Gasteiger charge is -2.36. The molecule has 1 aliphatic heterocycles. The summed E-state index contributed by atoms with van der Waals surface area (Å²) in [5, 5.41) is 0. The number of hydrogen-bond donors (Lipinski definition) is 1. The number of nitrogens with zero attached hydrogens (tertiary/aromatic N) is 3. The van der Waals surface area contributed by atoms with E-state index >= 15 is 0 Å². The van der Waals surface area contributed by atoms with Crippen LogP contribution in [0.25, 0.3) is 0 Å². The van der Waals surface area contributed by atoms with Gasteiger partial charge in [-0.15, -0.1) is 0 Å². The molecular weight excluding hydrogens is 248 g/mol. The maximum absolute atomic E-state index is 12.0. The number of likely N-dealkylation sites (N-methyl/N-ethyl adjacent to an activating group) is 1. The fourth-order valence-electron chi connectivity index (χ4n) is 1.93. The maximum Gasteiger partial charge on any atom is 0.232 e. The van der Waals surface area contributed by atoms with Crippen LogP contribution >= 0.6 is 12.2 Å². The van der Waals surface area contributed by atoms with Crippen LogP contribution in [0.4, 0.5) is 0 Å². The van der Waals surface area contributed by atoms with Crippen LogP contribution in [0.3, 0.4) is 0 Å². The van der Waals surface area contributed by atoms with Gasteiger partial charge in [-0.05, 0) is 21.0 Å². The molecule has 0 aliphatic carbocycles. The third kappa shape index (κ3) is 4.51. The highest BCUT2D eigenvalue weighted by Gasteiger charge is 2.25. The Bertz CT molecular complexity index is 300. The van der Waals surface area contributed by atoms with E-state index in [0.29, 0.717) is 0 Å². The molecule has 1 saturated heterocycles. The van der Waals surface area contributed by atoms with Crippen LogP contribution < -0.4 is 5.73 Å². The molecule has 1 unspecified atom stereocenters. The molecule has 0 bridgehead atoms. The molecular formula is C12H24N4OS. The molecule has 1 rings (SSSR count). The van der Waals surface area contributed by atoms with Crippen LogP contribution in [0.5, 0.6) is 0 Å². The number of carbonyl (C=O) groups is 1. The van der Waals surface area contributed by atoms with Crippen LogP contribution in [0.15, 0.2) is 0 Å². The Kier molecular flexibility index (Phi) is 5.98. The second kappa shape index (κ2) is 7.01. The normalized spacial score (nSPS) is 19.0. The zero-order chi connectivity index (χ0) is 13.7. The molecule has 0 radical (unpaired) electrons. The Morgan fingerprint density at radius 2 is 1.89 bits per heavy atom. The predicted octanol–water partition coefficient (Wildman–Crippen LogP) is -0.386. The highest BCUT2D eigenvalue weighted by atomic mass is 32.1. The summed E-state index contributed by atoms with van der Waals surface area (Å²) in [6.07, 6.45) is 0. The number of piperazine rings is 1. The molecule has 104 valence electrons. The van der Waals surface area contributed by atoms with Crippen LogP contribution in [0, 0.1) is 5.92 Å². The molecule has 1 heterocycles. The number of amides is 1. The van der Waals surface area contributed by atoms with Crippen molar-refractivity contribution in [3.8, 4) is 0 Å². The molecule has 0 saturated carbocycles. The van der Waals surface area contributed by atoms with Gasteiger partial charge >= 0.3 is 0 Å². The van der Waals surface area contributed by atoms with Crippen molar-refractivity contribution in [2.45, 2.75) is 6.92 Å². The van der Waals surface area contributed by atoms with Gasteiger partial charge in [0.05, 0.1) is 10.9 Å². The van der Waals surface area contributed by atoms with Gasteiger partial charge in [-0.3, -0.25) is 9.69 Å². The van der Waals surface area contributed by atoms with Crippen molar-refractivity contribution in [3.05, 3.63) is 0 Å². The Balaban J connectivity index is 2.35. The maximum atomic E-state index is 12.0. The van der Waals surface area contributed by atoms with E-state index in [0.717, 1.165) is 39.3 Å². The predicted molar refractivity (Wildman–Crippen MR) is 77.5 cm³/mol. The lowest BCUT2D eigenvalue weighted by molar-refractivity contribution is -0.134. The smallest absolute Gasteiger partial charge is 0.232 e. The molecule has 5 nitrogen and oxygen atoms in total. The minimum Gasteiger partial charge on any atom is -0.393 e. The van der Waals surface area contributed by atoms with E-state index in [2.05, 4.69) is 23.9 Å². The summed E-state index contributed by atoms with van der Waals surface area (Å²) in [6, 6.07) is 0. The number of thiocarbonyl (C=S) groups is 1. The molecule has 1 aliphatic rings. The fraction of sp³-hybridized carbons (Fsp3) is 0.833. The highest BCUT2D eigenvalue weighted by Crippen LogP contribution is 2.07. The lowest BCUT2D eigenvalue weighted by atomic mass is 10.1. The first-order valence-electron chi connectivity index (χ1n) is 6.37. The first kappa shape index (κ1) is 15.3. The second-order valence-electron chi connectivity index (χ2n) is 5.09. The van der Waals surface area contributed by atoms with Crippen LogP contribution in [0.1, 0.15) is 6.92 Å². The van der Waals surface area contributed by atoms with Crippen molar-refractivity contribution in [2.24, 2.45) is 11.7 Å². The summed E-state index contributed by atoms with van der Waals surface area (Å²) < 4.78 is 0. The summed E-state index contributed by atoms with van der Waals surface area (Å²) >= 11 is 4.87. The topological polar surface area (TPSA) is 52.8 Å². The Hall–Kier alpha value is -0.720. The van der Waals surface area contributed by atoms with Gasteiger partial charge in [0.15, 0.2) is 0 Å². The van der Waals surface area contributed by atoms with Gasteiger partial charge in [-0.25, -0.2) is 0 Å². The lowest BCUT2D eigenvalue weighted by Crippen LogP contribution is -2.52. The molecule has 18 heavy (non-hydrogen) atoms. The molecule has 1 atom stereocenters. The molecule has 0 aromatic heterocycles. The quantitative estimate of drug-likeness (QED) is 0.691. The van der Waals surface area contributed by atoms with Crippen LogP contribution in [-0.2, 0) is 4.79 Å². The summed E-state index contributed by atoms with van der Waals surface area (Å²) in [5.41, 5.74) is 5.52. The van der Waals surface area contributed by atoms with Gasteiger partial charge in [-0.1, -0.05) is 12.2 Å². The van der Waals surface area contributed by atoms with E-state index in [9.17, 15) is 4.79 Å². The zero-order valence-corrected chi connectivity index (χ0v) is 12.4. The SMILES string of the molecule is CC(C(=O)N1CCN(CCN(C)C)CC1)C(N)=S. The van der Waals surface area contributed by atoms with E-state index < -0.39 is 0 Å². The van der Waals surface area contributed by atoms with Crippen molar-refractivity contribution in [2.75, 3.05) is 53.4 Å². The number of rotatable bonds is 5. The fourth-order valence-corrected chi connectivity index (χ4v) is 2.03. The van der Waals surface area contributed by atoms with Crippen molar-refractivity contribution < 1.29 is 4.79 Å². The monoisotopic (exact) mass is 272 g/mol. The number of carbonyl (C=O) groups excluding carboxylic acids is 1. The van der Waals surface area contributed by atoms with Gasteiger partial charge < -0.3 is 15.5 Å². The van der Waals surface area contributed by atoms with E-state index in [1.807, 2.05) is 4.90 Å².